The van der Waals surface area contributed by atoms with Gasteiger partial charge in [-0.2, -0.15) is 5.26 Å². The number of hydrogen-bond acceptors (Lipinski definition) is 3. The van der Waals surface area contributed by atoms with Crippen LogP contribution in [0.15, 0.2) is 60.7 Å². The van der Waals surface area contributed by atoms with E-state index in [1.165, 1.54) is 11.1 Å². The van der Waals surface area contributed by atoms with Crippen molar-refractivity contribution in [1.82, 2.24) is 4.90 Å². The standard InChI is InChI=1S/C18H18N2O/c19-11-18(14-21)12-20(13-18)17(15-7-3-1-4-8-15)16-9-5-2-6-10-16/h1-10,17,21H,12-14H2. The normalized spacial score (nSPS) is 17.2. The lowest BCUT2D eigenvalue weighted by Crippen LogP contribution is -2.58. The van der Waals surface area contributed by atoms with E-state index in [2.05, 4.69) is 35.2 Å². The summed E-state index contributed by atoms with van der Waals surface area (Å²) in [4.78, 5) is 2.25. The van der Waals surface area contributed by atoms with Crippen molar-refractivity contribution in [3.8, 4) is 6.07 Å². The Balaban J connectivity index is 1.91. The predicted molar refractivity (Wildman–Crippen MR) is 81.4 cm³/mol. The van der Waals surface area contributed by atoms with Crippen molar-refractivity contribution >= 4 is 0 Å². The van der Waals surface area contributed by atoms with Crippen LogP contribution in [0, 0.1) is 16.7 Å². The van der Waals surface area contributed by atoms with Crippen LogP contribution in [0.25, 0.3) is 0 Å². The summed E-state index contributed by atoms with van der Waals surface area (Å²) in [6.07, 6.45) is 0. The van der Waals surface area contributed by atoms with E-state index in [9.17, 15) is 10.4 Å². The van der Waals surface area contributed by atoms with Gasteiger partial charge in [0, 0.05) is 13.1 Å². The maximum Gasteiger partial charge on any atom is 0.106 e. The fourth-order valence-electron chi connectivity index (χ4n) is 3.00. The minimum atomic E-state index is -0.595. The van der Waals surface area contributed by atoms with Crippen molar-refractivity contribution in [2.75, 3.05) is 19.7 Å². The molecule has 3 rings (SSSR count). The van der Waals surface area contributed by atoms with Gasteiger partial charge in [0.2, 0.25) is 0 Å². The summed E-state index contributed by atoms with van der Waals surface area (Å²) < 4.78 is 0. The predicted octanol–water partition coefficient (Wildman–Crippen LogP) is 2.59. The lowest BCUT2D eigenvalue weighted by atomic mass is 9.79. The Morgan fingerprint density at radius 3 is 1.86 bits per heavy atom. The van der Waals surface area contributed by atoms with E-state index < -0.39 is 5.41 Å². The molecule has 1 aliphatic heterocycles. The lowest BCUT2D eigenvalue weighted by Gasteiger charge is -2.48. The van der Waals surface area contributed by atoms with E-state index in [0.717, 1.165) is 0 Å². The largest absolute Gasteiger partial charge is 0.395 e. The third-order valence-electron chi connectivity index (χ3n) is 4.15. The van der Waals surface area contributed by atoms with Crippen LogP contribution in [0.5, 0.6) is 0 Å². The lowest BCUT2D eigenvalue weighted by molar-refractivity contribution is -0.0181. The van der Waals surface area contributed by atoms with Gasteiger partial charge in [0.1, 0.15) is 5.41 Å². The summed E-state index contributed by atoms with van der Waals surface area (Å²) in [5.41, 5.74) is 1.84. The van der Waals surface area contributed by atoms with Gasteiger partial charge >= 0.3 is 0 Å². The Labute approximate surface area is 125 Å². The molecule has 2 aromatic rings. The monoisotopic (exact) mass is 278 g/mol. The average Bonchev–Trinajstić information content (AvgIpc) is 2.52. The van der Waals surface area contributed by atoms with Gasteiger partial charge in [0.05, 0.1) is 18.7 Å². The van der Waals surface area contributed by atoms with Gasteiger partial charge in [-0.3, -0.25) is 4.90 Å². The van der Waals surface area contributed by atoms with E-state index >= 15 is 0 Å². The molecule has 1 N–H and O–H groups in total. The first-order chi connectivity index (χ1) is 10.3. The third-order valence-corrected chi connectivity index (χ3v) is 4.15. The van der Waals surface area contributed by atoms with E-state index in [0.29, 0.717) is 13.1 Å². The molecule has 1 saturated heterocycles. The molecule has 0 spiro atoms. The van der Waals surface area contributed by atoms with Gasteiger partial charge in [-0.05, 0) is 11.1 Å². The summed E-state index contributed by atoms with van der Waals surface area (Å²) in [5.74, 6) is 0. The molecule has 1 aliphatic rings. The Morgan fingerprint density at radius 2 is 1.48 bits per heavy atom. The molecule has 0 aromatic heterocycles. The second kappa shape index (κ2) is 5.69. The molecule has 0 unspecified atom stereocenters. The number of rotatable bonds is 4. The number of benzene rings is 2. The number of nitrogens with zero attached hydrogens (tertiary/aromatic N) is 2. The van der Waals surface area contributed by atoms with Gasteiger partial charge in [-0.1, -0.05) is 60.7 Å². The van der Waals surface area contributed by atoms with E-state index in [4.69, 9.17) is 0 Å². The van der Waals surface area contributed by atoms with Crippen molar-refractivity contribution in [2.45, 2.75) is 6.04 Å². The number of aliphatic hydroxyl groups excluding tert-OH is 1. The van der Waals surface area contributed by atoms with Gasteiger partial charge in [-0.25, -0.2) is 0 Å². The van der Waals surface area contributed by atoms with Crippen LogP contribution < -0.4 is 0 Å². The number of nitriles is 1. The molecule has 1 heterocycles. The molecule has 1 fully saturated rings. The Kier molecular flexibility index (Phi) is 3.74. The smallest absolute Gasteiger partial charge is 0.106 e. The van der Waals surface area contributed by atoms with Crippen LogP contribution in [-0.2, 0) is 0 Å². The van der Waals surface area contributed by atoms with Crippen molar-refractivity contribution in [3.63, 3.8) is 0 Å². The molecule has 0 atom stereocenters. The van der Waals surface area contributed by atoms with Crippen LogP contribution in [0.3, 0.4) is 0 Å². The van der Waals surface area contributed by atoms with Crippen LogP contribution in [-0.4, -0.2) is 29.7 Å². The van der Waals surface area contributed by atoms with Crippen LogP contribution >= 0.6 is 0 Å². The minimum Gasteiger partial charge on any atom is -0.395 e. The molecule has 21 heavy (non-hydrogen) atoms. The molecular weight excluding hydrogens is 260 g/mol. The summed E-state index contributed by atoms with van der Waals surface area (Å²) >= 11 is 0. The first-order valence-electron chi connectivity index (χ1n) is 7.14. The Morgan fingerprint density at radius 1 is 1.00 bits per heavy atom. The number of hydrogen-bond donors (Lipinski definition) is 1. The van der Waals surface area contributed by atoms with Crippen molar-refractivity contribution in [1.29, 1.82) is 5.26 Å². The SMILES string of the molecule is N#CC1(CO)CN(C(c2ccccc2)c2ccccc2)C1. The fraction of sp³-hybridized carbons (Fsp3) is 0.278. The Hall–Kier alpha value is -2.15. The maximum atomic E-state index is 9.43. The molecule has 0 bridgehead atoms. The average molecular weight is 278 g/mol. The second-order valence-corrected chi connectivity index (χ2v) is 5.68. The van der Waals surface area contributed by atoms with E-state index in [1.54, 1.807) is 0 Å². The van der Waals surface area contributed by atoms with Gasteiger partial charge in [0.15, 0.2) is 0 Å². The molecule has 0 aliphatic carbocycles. The van der Waals surface area contributed by atoms with Crippen LogP contribution in [0.1, 0.15) is 17.2 Å². The minimum absolute atomic E-state index is 0.0731. The molecule has 0 radical (unpaired) electrons. The highest BCUT2D eigenvalue weighted by Gasteiger charge is 2.46. The highest BCUT2D eigenvalue weighted by Crippen LogP contribution is 2.39. The van der Waals surface area contributed by atoms with Crippen molar-refractivity contribution in [2.24, 2.45) is 5.41 Å². The van der Waals surface area contributed by atoms with E-state index in [-0.39, 0.29) is 12.6 Å². The summed E-state index contributed by atoms with van der Waals surface area (Å²) in [6.45, 7) is 1.14. The summed E-state index contributed by atoms with van der Waals surface area (Å²) in [5, 5.41) is 18.7. The quantitative estimate of drug-likeness (QED) is 0.935. The van der Waals surface area contributed by atoms with Crippen LogP contribution in [0.4, 0.5) is 0 Å². The maximum absolute atomic E-state index is 9.43. The summed E-state index contributed by atoms with van der Waals surface area (Å²) in [7, 11) is 0. The second-order valence-electron chi connectivity index (χ2n) is 5.68. The number of likely N-dealkylation sites (tertiary alicyclic amines) is 1. The molecule has 3 heteroatoms. The third kappa shape index (κ3) is 2.56. The zero-order valence-corrected chi connectivity index (χ0v) is 11.8. The molecule has 3 nitrogen and oxygen atoms in total. The highest BCUT2D eigenvalue weighted by molar-refractivity contribution is 5.33. The van der Waals surface area contributed by atoms with Gasteiger partial charge < -0.3 is 5.11 Å². The molecular formula is C18H18N2O. The topological polar surface area (TPSA) is 47.3 Å². The Bertz CT molecular complexity index is 588. The van der Waals surface area contributed by atoms with Crippen molar-refractivity contribution < 1.29 is 5.11 Å². The molecule has 106 valence electrons. The van der Waals surface area contributed by atoms with Gasteiger partial charge in [-0.15, -0.1) is 0 Å². The molecule has 0 amide bonds. The van der Waals surface area contributed by atoms with Gasteiger partial charge in [0.25, 0.3) is 0 Å². The fourth-order valence-corrected chi connectivity index (χ4v) is 3.00. The van der Waals surface area contributed by atoms with E-state index in [1.807, 2.05) is 36.4 Å². The van der Waals surface area contributed by atoms with Crippen molar-refractivity contribution in [3.05, 3.63) is 71.8 Å². The zero-order valence-electron chi connectivity index (χ0n) is 11.8. The first kappa shape index (κ1) is 13.8. The van der Waals surface area contributed by atoms with Crippen LogP contribution in [0.2, 0.25) is 0 Å². The molecule has 2 aromatic carbocycles. The summed E-state index contributed by atoms with van der Waals surface area (Å²) in [6, 6.07) is 23.0. The zero-order chi connectivity index (χ0) is 14.7. The number of aliphatic hydroxyl groups is 1. The highest BCUT2D eigenvalue weighted by atomic mass is 16.3. The molecule has 0 saturated carbocycles. The first-order valence-corrected chi connectivity index (χ1v) is 7.14.